The molecule has 0 aliphatic heterocycles. The third-order valence-electron chi connectivity index (χ3n) is 2.83. The lowest BCUT2D eigenvalue weighted by molar-refractivity contribution is -0.384. The molecule has 7 nitrogen and oxygen atoms in total. The minimum absolute atomic E-state index is 0.0787. The molecule has 21 heavy (non-hydrogen) atoms. The third kappa shape index (κ3) is 5.21. The van der Waals surface area contributed by atoms with Crippen molar-refractivity contribution in [2.24, 2.45) is 0 Å². The van der Waals surface area contributed by atoms with Gasteiger partial charge in [-0.3, -0.25) is 19.7 Å². The van der Waals surface area contributed by atoms with Gasteiger partial charge in [-0.2, -0.15) is 0 Å². The molecular weight excluding hydrogens is 274 g/mol. The van der Waals surface area contributed by atoms with Gasteiger partial charge in [-0.25, -0.2) is 0 Å². The minimum atomic E-state index is -0.626. The van der Waals surface area contributed by atoms with Crippen LogP contribution >= 0.6 is 0 Å². The summed E-state index contributed by atoms with van der Waals surface area (Å²) < 4.78 is 0. The number of nitrogens with zero attached hydrogens (tertiary/aromatic N) is 1. The van der Waals surface area contributed by atoms with Crippen LogP contribution in [-0.2, 0) is 4.79 Å². The van der Waals surface area contributed by atoms with Crippen LogP contribution < -0.4 is 10.6 Å². The molecule has 0 unspecified atom stereocenters. The van der Waals surface area contributed by atoms with Crippen LogP contribution in [0.3, 0.4) is 0 Å². The maximum Gasteiger partial charge on any atom is 0.293 e. The molecular formula is C14H19N3O4. The first kappa shape index (κ1) is 16.6. The van der Waals surface area contributed by atoms with E-state index >= 15 is 0 Å². The van der Waals surface area contributed by atoms with Gasteiger partial charge in [0, 0.05) is 25.1 Å². The van der Waals surface area contributed by atoms with Crippen LogP contribution in [0.25, 0.3) is 0 Å². The van der Waals surface area contributed by atoms with Crippen LogP contribution in [0.15, 0.2) is 18.2 Å². The molecule has 1 aromatic carbocycles. The van der Waals surface area contributed by atoms with Gasteiger partial charge in [0.15, 0.2) is 0 Å². The number of amides is 2. The Morgan fingerprint density at radius 3 is 2.57 bits per heavy atom. The summed E-state index contributed by atoms with van der Waals surface area (Å²) in [7, 11) is 0. The highest BCUT2D eigenvalue weighted by atomic mass is 16.6. The fourth-order valence-electron chi connectivity index (χ4n) is 1.80. The average Bonchev–Trinajstić information content (AvgIpc) is 2.43. The Morgan fingerprint density at radius 1 is 1.29 bits per heavy atom. The van der Waals surface area contributed by atoms with E-state index in [0.717, 1.165) is 19.3 Å². The number of hydrogen-bond donors (Lipinski definition) is 2. The lowest BCUT2D eigenvalue weighted by atomic mass is 10.1. The van der Waals surface area contributed by atoms with Gasteiger partial charge in [0.1, 0.15) is 5.69 Å². The van der Waals surface area contributed by atoms with E-state index < -0.39 is 10.8 Å². The van der Waals surface area contributed by atoms with Crippen molar-refractivity contribution in [1.82, 2.24) is 5.32 Å². The Kier molecular flexibility index (Phi) is 6.32. The van der Waals surface area contributed by atoms with E-state index in [-0.39, 0.29) is 22.8 Å². The molecule has 0 aromatic heterocycles. The molecule has 0 aliphatic rings. The molecule has 1 rings (SSSR count). The van der Waals surface area contributed by atoms with Crippen molar-refractivity contribution in [3.63, 3.8) is 0 Å². The Morgan fingerprint density at radius 2 is 2.00 bits per heavy atom. The Labute approximate surface area is 122 Å². The second-order valence-corrected chi connectivity index (χ2v) is 4.63. The monoisotopic (exact) mass is 293 g/mol. The summed E-state index contributed by atoms with van der Waals surface area (Å²) >= 11 is 0. The smallest absolute Gasteiger partial charge is 0.293 e. The normalized spacial score (nSPS) is 10.0. The molecule has 0 heterocycles. The largest absolute Gasteiger partial charge is 0.352 e. The maximum absolute atomic E-state index is 11.9. The average molecular weight is 293 g/mol. The molecule has 114 valence electrons. The summed E-state index contributed by atoms with van der Waals surface area (Å²) in [6.07, 6.45) is 2.93. The van der Waals surface area contributed by atoms with E-state index in [1.165, 1.54) is 25.1 Å². The molecule has 0 fully saturated rings. The van der Waals surface area contributed by atoms with Gasteiger partial charge in [0.25, 0.3) is 11.6 Å². The summed E-state index contributed by atoms with van der Waals surface area (Å²) in [6.45, 7) is 3.86. The summed E-state index contributed by atoms with van der Waals surface area (Å²) in [6, 6.07) is 3.98. The van der Waals surface area contributed by atoms with E-state index in [2.05, 4.69) is 17.6 Å². The van der Waals surface area contributed by atoms with Gasteiger partial charge < -0.3 is 10.6 Å². The number of nitrogens with one attached hydrogen (secondary N) is 2. The lowest BCUT2D eigenvalue weighted by Gasteiger charge is -2.07. The number of carbonyl (C=O) groups is 2. The van der Waals surface area contributed by atoms with Crippen molar-refractivity contribution >= 4 is 23.2 Å². The van der Waals surface area contributed by atoms with Crippen molar-refractivity contribution in [2.45, 2.75) is 33.1 Å². The van der Waals surface area contributed by atoms with Crippen LogP contribution in [0.5, 0.6) is 0 Å². The number of nitro benzene ring substituents is 1. The van der Waals surface area contributed by atoms with Crippen molar-refractivity contribution < 1.29 is 14.5 Å². The van der Waals surface area contributed by atoms with E-state index in [1.807, 2.05) is 0 Å². The van der Waals surface area contributed by atoms with Crippen LogP contribution in [0.2, 0.25) is 0 Å². The molecule has 0 saturated heterocycles. The molecule has 2 N–H and O–H groups in total. The molecule has 2 amide bonds. The third-order valence-corrected chi connectivity index (χ3v) is 2.83. The molecule has 0 saturated carbocycles. The Balaban J connectivity index is 2.84. The molecule has 0 atom stereocenters. The predicted molar refractivity (Wildman–Crippen MR) is 79.3 cm³/mol. The molecule has 7 heteroatoms. The molecule has 0 bridgehead atoms. The fourth-order valence-corrected chi connectivity index (χ4v) is 1.80. The first-order valence-electron chi connectivity index (χ1n) is 6.80. The number of benzene rings is 1. The van der Waals surface area contributed by atoms with E-state index in [9.17, 15) is 19.7 Å². The number of rotatable bonds is 7. The van der Waals surface area contributed by atoms with E-state index in [1.54, 1.807) is 0 Å². The van der Waals surface area contributed by atoms with Gasteiger partial charge in [0.2, 0.25) is 5.91 Å². The number of carbonyl (C=O) groups excluding carboxylic acids is 2. The van der Waals surface area contributed by atoms with E-state index in [0.29, 0.717) is 6.54 Å². The van der Waals surface area contributed by atoms with Gasteiger partial charge in [-0.15, -0.1) is 0 Å². The quantitative estimate of drug-likeness (QED) is 0.458. The molecule has 0 spiro atoms. The zero-order valence-electron chi connectivity index (χ0n) is 12.1. The van der Waals surface area contributed by atoms with Crippen LogP contribution in [-0.4, -0.2) is 23.3 Å². The van der Waals surface area contributed by atoms with Gasteiger partial charge in [-0.1, -0.05) is 19.8 Å². The Hall–Kier alpha value is -2.44. The van der Waals surface area contributed by atoms with Crippen molar-refractivity contribution in [3.8, 4) is 0 Å². The number of hydrogen-bond acceptors (Lipinski definition) is 4. The number of nitro groups is 1. The molecule has 0 aliphatic carbocycles. The second-order valence-electron chi connectivity index (χ2n) is 4.63. The lowest BCUT2D eigenvalue weighted by Crippen LogP contribution is -2.24. The Bertz CT molecular complexity index is 543. The van der Waals surface area contributed by atoms with Crippen molar-refractivity contribution in [3.05, 3.63) is 33.9 Å². The van der Waals surface area contributed by atoms with Gasteiger partial charge in [0.05, 0.1) is 4.92 Å². The molecule has 1 aromatic rings. The standard InChI is InChI=1S/C14H19N3O4/c1-3-4-5-8-15-14(19)11-6-7-12(16-10(2)18)13(9-11)17(20)21/h6-7,9H,3-5,8H2,1-2H3,(H,15,19)(H,16,18). The van der Waals surface area contributed by atoms with Crippen molar-refractivity contribution in [2.75, 3.05) is 11.9 Å². The van der Waals surface area contributed by atoms with Crippen LogP contribution in [0.1, 0.15) is 43.5 Å². The van der Waals surface area contributed by atoms with E-state index in [4.69, 9.17) is 0 Å². The highest BCUT2D eigenvalue weighted by Crippen LogP contribution is 2.25. The van der Waals surface area contributed by atoms with Gasteiger partial charge >= 0.3 is 0 Å². The zero-order valence-corrected chi connectivity index (χ0v) is 12.1. The summed E-state index contributed by atoms with van der Waals surface area (Å²) in [5, 5.41) is 16.1. The predicted octanol–water partition coefficient (Wildman–Crippen LogP) is 2.47. The maximum atomic E-state index is 11.9. The highest BCUT2D eigenvalue weighted by Gasteiger charge is 2.18. The first-order valence-corrected chi connectivity index (χ1v) is 6.80. The summed E-state index contributed by atoms with van der Waals surface area (Å²) in [5.41, 5.74) is -0.0197. The van der Waals surface area contributed by atoms with Gasteiger partial charge in [-0.05, 0) is 18.6 Å². The zero-order chi connectivity index (χ0) is 15.8. The topological polar surface area (TPSA) is 101 Å². The summed E-state index contributed by atoms with van der Waals surface area (Å²) in [5.74, 6) is -0.765. The number of anilines is 1. The fraction of sp³-hybridized carbons (Fsp3) is 0.429. The highest BCUT2D eigenvalue weighted by molar-refractivity contribution is 5.97. The second kappa shape index (κ2) is 7.98. The number of unbranched alkanes of at least 4 members (excludes halogenated alkanes) is 2. The van der Waals surface area contributed by atoms with Crippen LogP contribution in [0, 0.1) is 10.1 Å². The summed E-state index contributed by atoms with van der Waals surface area (Å²) in [4.78, 5) is 33.3. The van der Waals surface area contributed by atoms with Crippen LogP contribution in [0.4, 0.5) is 11.4 Å². The minimum Gasteiger partial charge on any atom is -0.352 e. The SMILES string of the molecule is CCCCCNC(=O)c1ccc(NC(C)=O)c([N+](=O)[O-])c1. The van der Waals surface area contributed by atoms with Crippen molar-refractivity contribution in [1.29, 1.82) is 0 Å². The molecule has 0 radical (unpaired) electrons. The first-order chi connectivity index (χ1) is 9.95.